The average Bonchev–Trinajstić information content (AvgIpc) is 2.09. The Bertz CT molecular complexity index is 326. The molecule has 3 nitrogen and oxygen atoms in total. The molecule has 0 saturated heterocycles. The zero-order valence-electron chi connectivity index (χ0n) is 8.97. The predicted molar refractivity (Wildman–Crippen MR) is 56.8 cm³/mol. The first-order valence-corrected chi connectivity index (χ1v) is 5.02. The summed E-state index contributed by atoms with van der Waals surface area (Å²) in [5.41, 5.74) is 1.69. The lowest BCUT2D eigenvalue weighted by Gasteiger charge is -2.10. The molecule has 0 amide bonds. The van der Waals surface area contributed by atoms with Gasteiger partial charge >= 0.3 is 0 Å². The molecule has 0 bridgehead atoms. The van der Waals surface area contributed by atoms with Gasteiger partial charge in [0.05, 0.1) is 18.0 Å². The summed E-state index contributed by atoms with van der Waals surface area (Å²) in [7, 11) is 0. The van der Waals surface area contributed by atoms with Crippen molar-refractivity contribution < 1.29 is 4.74 Å². The number of hydrogen-bond donors (Lipinski definition) is 0. The Morgan fingerprint density at radius 2 is 1.79 bits per heavy atom. The minimum Gasteiger partial charge on any atom is -0.475 e. The molecule has 0 fully saturated rings. The van der Waals surface area contributed by atoms with Crippen molar-refractivity contribution in [3.05, 3.63) is 16.5 Å². The van der Waals surface area contributed by atoms with Crippen LogP contribution < -0.4 is 4.74 Å². The van der Waals surface area contributed by atoms with Crippen LogP contribution in [0.5, 0.6) is 5.88 Å². The molecule has 0 aliphatic rings. The van der Waals surface area contributed by atoms with Crippen LogP contribution in [0.2, 0.25) is 5.15 Å². The second kappa shape index (κ2) is 4.60. The summed E-state index contributed by atoms with van der Waals surface area (Å²) in [6, 6.07) is 0. The molecule has 0 atom stereocenters. The first-order valence-electron chi connectivity index (χ1n) is 4.64. The fourth-order valence-electron chi connectivity index (χ4n) is 0.893. The zero-order valence-corrected chi connectivity index (χ0v) is 9.72. The Morgan fingerprint density at radius 3 is 2.36 bits per heavy atom. The fraction of sp³-hybridized carbons (Fsp3) is 0.600. The maximum absolute atomic E-state index is 5.89. The molecule has 1 heterocycles. The quantitative estimate of drug-likeness (QED) is 0.776. The molecule has 1 aromatic rings. The molecule has 0 unspecified atom stereocenters. The molecule has 4 heteroatoms. The molecule has 0 saturated carbocycles. The van der Waals surface area contributed by atoms with Gasteiger partial charge in [-0.05, 0) is 19.8 Å². The minimum atomic E-state index is 0.341. The molecule has 0 aromatic carbocycles. The zero-order chi connectivity index (χ0) is 10.7. The predicted octanol–water partition coefficient (Wildman–Crippen LogP) is 2.78. The highest BCUT2D eigenvalue weighted by Crippen LogP contribution is 2.21. The molecule has 0 N–H and O–H groups in total. The van der Waals surface area contributed by atoms with Crippen molar-refractivity contribution in [2.45, 2.75) is 27.7 Å². The molecule has 0 aliphatic heterocycles. The van der Waals surface area contributed by atoms with Crippen LogP contribution in [0.4, 0.5) is 0 Å². The second-order valence-corrected chi connectivity index (χ2v) is 4.05. The lowest BCUT2D eigenvalue weighted by molar-refractivity contribution is 0.260. The van der Waals surface area contributed by atoms with Crippen molar-refractivity contribution in [2.24, 2.45) is 5.92 Å². The number of ether oxygens (including phenoxy) is 1. The monoisotopic (exact) mass is 214 g/mol. The Morgan fingerprint density at radius 1 is 1.21 bits per heavy atom. The number of aromatic nitrogens is 2. The van der Waals surface area contributed by atoms with Gasteiger partial charge in [0, 0.05) is 0 Å². The van der Waals surface area contributed by atoms with E-state index >= 15 is 0 Å². The van der Waals surface area contributed by atoms with E-state index in [0.717, 1.165) is 11.4 Å². The third kappa shape index (κ3) is 2.84. The summed E-state index contributed by atoms with van der Waals surface area (Å²) in [6.07, 6.45) is 0. The summed E-state index contributed by atoms with van der Waals surface area (Å²) in [5, 5.41) is 0.341. The number of aryl methyl sites for hydroxylation is 2. The van der Waals surface area contributed by atoms with Gasteiger partial charge < -0.3 is 4.74 Å². The van der Waals surface area contributed by atoms with Crippen LogP contribution in [-0.2, 0) is 0 Å². The molecule has 14 heavy (non-hydrogen) atoms. The Labute approximate surface area is 89.5 Å². The van der Waals surface area contributed by atoms with Gasteiger partial charge in [0.15, 0.2) is 5.15 Å². The van der Waals surface area contributed by atoms with E-state index < -0.39 is 0 Å². The highest BCUT2D eigenvalue weighted by molar-refractivity contribution is 6.30. The topological polar surface area (TPSA) is 35.0 Å². The molecule has 0 aliphatic carbocycles. The van der Waals surface area contributed by atoms with E-state index in [1.54, 1.807) is 0 Å². The van der Waals surface area contributed by atoms with E-state index in [1.165, 1.54) is 0 Å². The maximum atomic E-state index is 5.89. The molecule has 1 aromatic heterocycles. The standard InChI is InChI=1S/C10H15ClN2O/c1-6(2)5-14-10-9(11)12-7(3)8(4)13-10/h6H,5H2,1-4H3. The number of halogens is 1. The SMILES string of the molecule is Cc1nc(Cl)c(OCC(C)C)nc1C. The van der Waals surface area contributed by atoms with Gasteiger partial charge in [0.2, 0.25) is 0 Å². The van der Waals surface area contributed by atoms with Gasteiger partial charge in [-0.2, -0.15) is 0 Å². The van der Waals surface area contributed by atoms with Crippen molar-refractivity contribution in [2.75, 3.05) is 6.61 Å². The van der Waals surface area contributed by atoms with E-state index in [2.05, 4.69) is 23.8 Å². The Kier molecular flexibility index (Phi) is 3.69. The lowest BCUT2D eigenvalue weighted by atomic mass is 10.2. The van der Waals surface area contributed by atoms with Crippen LogP contribution >= 0.6 is 11.6 Å². The van der Waals surface area contributed by atoms with E-state index in [9.17, 15) is 0 Å². The molecular weight excluding hydrogens is 200 g/mol. The van der Waals surface area contributed by atoms with Gasteiger partial charge in [-0.25, -0.2) is 9.97 Å². The highest BCUT2D eigenvalue weighted by Gasteiger charge is 2.08. The normalized spacial score (nSPS) is 10.7. The van der Waals surface area contributed by atoms with Crippen LogP contribution in [0.1, 0.15) is 25.2 Å². The summed E-state index contributed by atoms with van der Waals surface area (Å²) < 4.78 is 5.43. The van der Waals surface area contributed by atoms with Crippen molar-refractivity contribution in [1.82, 2.24) is 9.97 Å². The third-order valence-electron chi connectivity index (χ3n) is 1.79. The van der Waals surface area contributed by atoms with Crippen LogP contribution in [0, 0.1) is 19.8 Å². The summed E-state index contributed by atoms with van der Waals surface area (Å²) in [4.78, 5) is 8.36. The maximum Gasteiger partial charge on any atom is 0.252 e. The van der Waals surface area contributed by atoms with Crippen LogP contribution in [0.3, 0.4) is 0 Å². The van der Waals surface area contributed by atoms with Crippen molar-refractivity contribution in [1.29, 1.82) is 0 Å². The highest BCUT2D eigenvalue weighted by atomic mass is 35.5. The van der Waals surface area contributed by atoms with Crippen LogP contribution in [-0.4, -0.2) is 16.6 Å². The average molecular weight is 215 g/mol. The minimum absolute atomic E-state index is 0.341. The number of nitrogens with zero attached hydrogens (tertiary/aromatic N) is 2. The number of hydrogen-bond acceptors (Lipinski definition) is 3. The second-order valence-electron chi connectivity index (χ2n) is 3.70. The summed E-state index contributed by atoms with van der Waals surface area (Å²) >= 11 is 5.89. The Hall–Kier alpha value is -0.830. The van der Waals surface area contributed by atoms with Crippen molar-refractivity contribution >= 4 is 11.6 Å². The molecular formula is C10H15ClN2O. The van der Waals surface area contributed by atoms with Crippen molar-refractivity contribution in [3.63, 3.8) is 0 Å². The lowest BCUT2D eigenvalue weighted by Crippen LogP contribution is -2.07. The van der Waals surface area contributed by atoms with Gasteiger partial charge in [0.1, 0.15) is 0 Å². The van der Waals surface area contributed by atoms with Gasteiger partial charge in [-0.1, -0.05) is 25.4 Å². The smallest absolute Gasteiger partial charge is 0.252 e. The molecule has 0 spiro atoms. The van der Waals surface area contributed by atoms with Gasteiger partial charge in [-0.3, -0.25) is 0 Å². The molecule has 0 radical (unpaired) electrons. The Balaban J connectivity index is 2.82. The molecule has 1 rings (SSSR count). The van der Waals surface area contributed by atoms with Gasteiger partial charge in [-0.15, -0.1) is 0 Å². The van der Waals surface area contributed by atoms with Crippen LogP contribution in [0.15, 0.2) is 0 Å². The van der Waals surface area contributed by atoms with E-state index in [4.69, 9.17) is 16.3 Å². The number of rotatable bonds is 3. The van der Waals surface area contributed by atoms with E-state index in [0.29, 0.717) is 23.6 Å². The van der Waals surface area contributed by atoms with Crippen molar-refractivity contribution in [3.8, 4) is 5.88 Å². The summed E-state index contributed by atoms with van der Waals surface area (Å²) in [6.45, 7) is 8.52. The largest absolute Gasteiger partial charge is 0.475 e. The third-order valence-corrected chi connectivity index (χ3v) is 2.03. The fourth-order valence-corrected chi connectivity index (χ4v) is 1.12. The first kappa shape index (κ1) is 11.2. The summed E-state index contributed by atoms with van der Waals surface area (Å²) in [5.74, 6) is 0.887. The molecule has 78 valence electrons. The van der Waals surface area contributed by atoms with Crippen LogP contribution in [0.25, 0.3) is 0 Å². The van der Waals surface area contributed by atoms with E-state index in [1.807, 2.05) is 13.8 Å². The van der Waals surface area contributed by atoms with Gasteiger partial charge in [0.25, 0.3) is 5.88 Å². The van der Waals surface area contributed by atoms with E-state index in [-0.39, 0.29) is 0 Å². The first-order chi connectivity index (χ1) is 6.50.